The molecule has 1 saturated heterocycles. The molecule has 2 unspecified atom stereocenters. The summed E-state index contributed by atoms with van der Waals surface area (Å²) in [5.41, 5.74) is 7.43. The number of anilines is 1. The molecule has 1 aromatic heterocycles. The first-order valence-corrected chi connectivity index (χ1v) is 12.6. The molecule has 2 aromatic carbocycles. The molecular formula is C26H31ClN6O2. The Morgan fingerprint density at radius 1 is 1.17 bits per heavy atom. The average molecular weight is 495 g/mol. The summed E-state index contributed by atoms with van der Waals surface area (Å²) in [6.07, 6.45) is 6.78. The van der Waals surface area contributed by atoms with Gasteiger partial charge in [-0.3, -0.25) is 5.01 Å². The van der Waals surface area contributed by atoms with Gasteiger partial charge >= 0.3 is 0 Å². The molecule has 9 heteroatoms. The van der Waals surface area contributed by atoms with E-state index in [0.717, 1.165) is 53.8 Å². The maximum Gasteiger partial charge on any atom is 0.192 e. The van der Waals surface area contributed by atoms with E-state index in [1.165, 1.54) is 12.0 Å². The molecule has 2 aliphatic heterocycles. The number of fused-ring (bicyclic) bond motifs is 1. The SMILES string of the molecule is CCOc1ccc(C2CCCCN3NC(Nc4ccc(-n5cnc(CCl)c5)c(OC)c4)N=C23)cc1. The van der Waals surface area contributed by atoms with Crippen LogP contribution in [0.1, 0.15) is 43.4 Å². The minimum atomic E-state index is -0.250. The topological polar surface area (TPSA) is 75.9 Å². The van der Waals surface area contributed by atoms with Crippen molar-refractivity contribution in [2.75, 3.05) is 25.6 Å². The highest BCUT2D eigenvalue weighted by Crippen LogP contribution is 2.32. The quantitative estimate of drug-likeness (QED) is 0.434. The smallest absolute Gasteiger partial charge is 0.192 e. The first-order valence-electron chi connectivity index (χ1n) is 12.1. The van der Waals surface area contributed by atoms with E-state index < -0.39 is 0 Å². The molecule has 0 saturated carbocycles. The van der Waals surface area contributed by atoms with Crippen LogP contribution in [0.5, 0.6) is 11.5 Å². The standard InChI is InChI=1S/C26H31ClN6O2/c1-3-35-21-10-7-18(8-11-21)22-6-4-5-13-33-25(22)30-26(31-33)29-19-9-12-23(24(14-19)34-2)32-16-20(15-27)28-17-32/h7-12,14,16-17,22,26,29,31H,3-6,13,15H2,1-2H3. The molecule has 0 spiro atoms. The zero-order valence-corrected chi connectivity index (χ0v) is 20.8. The van der Waals surface area contributed by atoms with E-state index in [1.807, 2.05) is 35.9 Å². The van der Waals surface area contributed by atoms with Crippen LogP contribution in [0.2, 0.25) is 0 Å². The minimum Gasteiger partial charge on any atom is -0.494 e. The summed E-state index contributed by atoms with van der Waals surface area (Å²) in [5.74, 6) is 3.35. The molecule has 8 nitrogen and oxygen atoms in total. The number of aliphatic imine (C=N–C) groups is 1. The van der Waals surface area contributed by atoms with Crippen molar-refractivity contribution in [1.82, 2.24) is 20.0 Å². The number of imidazole rings is 1. The number of amidine groups is 1. The lowest BCUT2D eigenvalue weighted by Crippen LogP contribution is -2.44. The molecular weight excluding hydrogens is 464 g/mol. The van der Waals surface area contributed by atoms with Crippen LogP contribution < -0.4 is 20.2 Å². The Hall–Kier alpha value is -3.23. The summed E-state index contributed by atoms with van der Waals surface area (Å²) in [7, 11) is 1.67. The van der Waals surface area contributed by atoms with Crippen LogP contribution in [-0.2, 0) is 5.88 Å². The van der Waals surface area contributed by atoms with Gasteiger partial charge < -0.3 is 19.4 Å². The first-order chi connectivity index (χ1) is 17.2. The normalized spacial score (nSPS) is 19.6. The van der Waals surface area contributed by atoms with Gasteiger partial charge in [0.05, 0.1) is 37.3 Å². The molecule has 5 rings (SSSR count). The van der Waals surface area contributed by atoms with Gasteiger partial charge in [-0.05, 0) is 49.6 Å². The van der Waals surface area contributed by atoms with Crippen LogP contribution in [0, 0.1) is 0 Å². The number of hydrazine groups is 1. The molecule has 2 N–H and O–H groups in total. The lowest BCUT2D eigenvalue weighted by molar-refractivity contribution is 0.307. The number of ether oxygens (including phenoxy) is 2. The highest BCUT2D eigenvalue weighted by molar-refractivity contribution is 6.16. The number of halogens is 1. The molecule has 0 bridgehead atoms. The fraction of sp³-hybridized carbons (Fsp3) is 0.385. The van der Waals surface area contributed by atoms with Gasteiger partial charge in [-0.1, -0.05) is 18.6 Å². The summed E-state index contributed by atoms with van der Waals surface area (Å²) in [6.45, 7) is 3.61. The fourth-order valence-corrected chi connectivity index (χ4v) is 4.83. The number of alkyl halides is 1. The first kappa shape index (κ1) is 23.5. The summed E-state index contributed by atoms with van der Waals surface area (Å²) in [6, 6.07) is 14.4. The summed E-state index contributed by atoms with van der Waals surface area (Å²) in [4.78, 5) is 9.36. The maximum atomic E-state index is 5.91. The van der Waals surface area contributed by atoms with Crippen LogP contribution in [0.15, 0.2) is 60.0 Å². The van der Waals surface area contributed by atoms with Gasteiger partial charge in [-0.25, -0.2) is 9.98 Å². The number of hydrogen-bond donors (Lipinski definition) is 2. The third-order valence-corrected chi connectivity index (χ3v) is 6.65. The van der Waals surface area contributed by atoms with Crippen LogP contribution >= 0.6 is 11.6 Å². The van der Waals surface area contributed by atoms with Gasteiger partial charge in [-0.2, -0.15) is 5.43 Å². The van der Waals surface area contributed by atoms with Gasteiger partial charge in [0.25, 0.3) is 0 Å². The van der Waals surface area contributed by atoms with Crippen molar-refractivity contribution in [3.8, 4) is 17.2 Å². The molecule has 1 fully saturated rings. The third-order valence-electron chi connectivity index (χ3n) is 6.38. The van der Waals surface area contributed by atoms with E-state index in [4.69, 9.17) is 26.1 Å². The second kappa shape index (κ2) is 10.6. The zero-order valence-electron chi connectivity index (χ0n) is 20.1. The van der Waals surface area contributed by atoms with E-state index in [1.54, 1.807) is 13.4 Å². The van der Waals surface area contributed by atoms with Crippen LogP contribution in [0.3, 0.4) is 0 Å². The Morgan fingerprint density at radius 2 is 2.03 bits per heavy atom. The summed E-state index contributed by atoms with van der Waals surface area (Å²) < 4.78 is 13.2. The van der Waals surface area contributed by atoms with Crippen LogP contribution in [0.4, 0.5) is 5.69 Å². The van der Waals surface area contributed by atoms with Gasteiger partial charge in [0, 0.05) is 30.4 Å². The molecule has 0 aliphatic carbocycles. The predicted molar refractivity (Wildman–Crippen MR) is 139 cm³/mol. The van der Waals surface area contributed by atoms with Gasteiger partial charge in [0.2, 0.25) is 0 Å². The van der Waals surface area contributed by atoms with Crippen molar-refractivity contribution >= 4 is 23.1 Å². The van der Waals surface area contributed by atoms with E-state index in [0.29, 0.717) is 12.5 Å². The largest absolute Gasteiger partial charge is 0.494 e. The third kappa shape index (κ3) is 5.09. The van der Waals surface area contributed by atoms with Crippen molar-refractivity contribution in [3.63, 3.8) is 0 Å². The van der Waals surface area contributed by atoms with Crippen LogP contribution in [0.25, 0.3) is 5.69 Å². The minimum absolute atomic E-state index is 0.250. The van der Waals surface area contributed by atoms with Gasteiger partial charge in [-0.15, -0.1) is 11.6 Å². The summed E-state index contributed by atoms with van der Waals surface area (Å²) in [5, 5.41) is 5.70. The number of nitrogens with one attached hydrogen (secondary N) is 2. The Bertz CT molecular complexity index is 1180. The molecule has 0 amide bonds. The Morgan fingerprint density at radius 3 is 2.77 bits per heavy atom. The van der Waals surface area contributed by atoms with Crippen molar-refractivity contribution < 1.29 is 9.47 Å². The fourth-order valence-electron chi connectivity index (χ4n) is 4.70. The molecule has 3 heterocycles. The molecule has 35 heavy (non-hydrogen) atoms. The number of aromatic nitrogens is 2. The molecule has 2 aliphatic rings. The van der Waals surface area contributed by atoms with Crippen molar-refractivity contribution in [3.05, 3.63) is 66.2 Å². The number of methoxy groups -OCH3 is 1. The number of hydrogen-bond acceptors (Lipinski definition) is 7. The molecule has 3 aromatic rings. The van der Waals surface area contributed by atoms with E-state index in [-0.39, 0.29) is 12.2 Å². The van der Waals surface area contributed by atoms with E-state index in [2.05, 4.69) is 45.0 Å². The monoisotopic (exact) mass is 494 g/mol. The van der Waals surface area contributed by atoms with E-state index >= 15 is 0 Å². The molecule has 2 atom stereocenters. The van der Waals surface area contributed by atoms with Gasteiger partial charge in [0.1, 0.15) is 17.3 Å². The average Bonchev–Trinajstić information content (AvgIpc) is 3.47. The van der Waals surface area contributed by atoms with Crippen molar-refractivity contribution in [1.29, 1.82) is 0 Å². The number of rotatable bonds is 8. The van der Waals surface area contributed by atoms with Gasteiger partial charge in [0.15, 0.2) is 6.29 Å². The zero-order chi connectivity index (χ0) is 24.2. The Balaban J connectivity index is 1.35. The number of nitrogens with zero attached hydrogens (tertiary/aromatic N) is 4. The lowest BCUT2D eigenvalue weighted by atomic mass is 9.93. The molecule has 184 valence electrons. The highest BCUT2D eigenvalue weighted by atomic mass is 35.5. The summed E-state index contributed by atoms with van der Waals surface area (Å²) >= 11 is 5.91. The molecule has 0 radical (unpaired) electrons. The second-order valence-electron chi connectivity index (χ2n) is 8.66. The Labute approximate surface area is 210 Å². The lowest BCUT2D eigenvalue weighted by Gasteiger charge is -2.24. The van der Waals surface area contributed by atoms with E-state index in [9.17, 15) is 0 Å². The van der Waals surface area contributed by atoms with Crippen LogP contribution in [-0.4, -0.2) is 46.9 Å². The van der Waals surface area contributed by atoms with Crippen molar-refractivity contribution in [2.24, 2.45) is 4.99 Å². The maximum absolute atomic E-state index is 5.91. The van der Waals surface area contributed by atoms with Crippen molar-refractivity contribution in [2.45, 2.75) is 44.3 Å². The highest BCUT2D eigenvalue weighted by Gasteiger charge is 2.33. The predicted octanol–water partition coefficient (Wildman–Crippen LogP) is 4.90. The second-order valence-corrected chi connectivity index (χ2v) is 8.93. The Kier molecular flexibility index (Phi) is 7.11. The number of benzene rings is 2.